The molecule has 0 aliphatic heterocycles. The number of carbonyl (C=O) groups excluding carboxylic acids is 1. The molecule has 0 aliphatic rings. The Hall–Kier alpha value is -1.82. The standard InChI is InChI=1S/C13H15N3O2S/c1-3-12-15-16-13(18-12)19-8-11(17)14-10-6-4-5-9(2)7-10/h4-7H,3,8H2,1-2H3,(H,14,17). The maximum Gasteiger partial charge on any atom is 0.277 e. The Kier molecular flexibility index (Phi) is 4.57. The molecule has 1 aromatic heterocycles. The van der Waals surface area contributed by atoms with E-state index in [-0.39, 0.29) is 11.7 Å². The van der Waals surface area contributed by atoms with Crippen LogP contribution in [0.15, 0.2) is 33.9 Å². The molecular weight excluding hydrogens is 262 g/mol. The van der Waals surface area contributed by atoms with Gasteiger partial charge >= 0.3 is 0 Å². The van der Waals surface area contributed by atoms with E-state index < -0.39 is 0 Å². The van der Waals surface area contributed by atoms with E-state index in [0.717, 1.165) is 11.3 Å². The maximum atomic E-state index is 11.8. The first-order valence-electron chi connectivity index (χ1n) is 5.99. The van der Waals surface area contributed by atoms with Gasteiger partial charge in [-0.3, -0.25) is 4.79 Å². The number of carbonyl (C=O) groups is 1. The molecule has 2 rings (SSSR count). The molecule has 1 heterocycles. The summed E-state index contributed by atoms with van der Waals surface area (Å²) in [7, 11) is 0. The van der Waals surface area contributed by atoms with Crippen LogP contribution in [0.5, 0.6) is 0 Å². The summed E-state index contributed by atoms with van der Waals surface area (Å²) < 4.78 is 5.31. The number of benzene rings is 1. The van der Waals surface area contributed by atoms with Gasteiger partial charge in [0.25, 0.3) is 5.22 Å². The maximum absolute atomic E-state index is 11.8. The molecule has 5 nitrogen and oxygen atoms in total. The number of nitrogens with zero attached hydrogens (tertiary/aromatic N) is 2. The van der Waals surface area contributed by atoms with Crippen LogP contribution in [0.2, 0.25) is 0 Å². The van der Waals surface area contributed by atoms with Crippen molar-refractivity contribution < 1.29 is 9.21 Å². The van der Waals surface area contributed by atoms with E-state index >= 15 is 0 Å². The smallest absolute Gasteiger partial charge is 0.277 e. The average molecular weight is 277 g/mol. The lowest BCUT2D eigenvalue weighted by Crippen LogP contribution is -2.13. The first-order chi connectivity index (χ1) is 9.17. The van der Waals surface area contributed by atoms with Crippen molar-refractivity contribution in [1.29, 1.82) is 0 Å². The molecule has 0 saturated carbocycles. The monoisotopic (exact) mass is 277 g/mol. The molecule has 1 N–H and O–H groups in total. The fraction of sp³-hybridized carbons (Fsp3) is 0.308. The molecule has 0 atom stereocenters. The van der Waals surface area contributed by atoms with Gasteiger partial charge in [0.2, 0.25) is 11.8 Å². The number of aromatic nitrogens is 2. The van der Waals surface area contributed by atoms with Gasteiger partial charge in [0.15, 0.2) is 0 Å². The van der Waals surface area contributed by atoms with Gasteiger partial charge in [0.05, 0.1) is 5.75 Å². The quantitative estimate of drug-likeness (QED) is 0.851. The minimum absolute atomic E-state index is 0.0909. The predicted octanol–water partition coefficient (Wildman–Crippen LogP) is 2.67. The van der Waals surface area contributed by atoms with E-state index in [0.29, 0.717) is 17.5 Å². The summed E-state index contributed by atoms with van der Waals surface area (Å²) >= 11 is 1.24. The lowest BCUT2D eigenvalue weighted by Gasteiger charge is -2.04. The highest BCUT2D eigenvalue weighted by atomic mass is 32.2. The molecule has 100 valence electrons. The molecule has 6 heteroatoms. The highest BCUT2D eigenvalue weighted by molar-refractivity contribution is 7.99. The second-order valence-electron chi connectivity index (χ2n) is 4.02. The first kappa shape index (κ1) is 13.6. The zero-order valence-electron chi connectivity index (χ0n) is 10.8. The Bertz CT molecular complexity index is 569. The van der Waals surface area contributed by atoms with Crippen LogP contribution < -0.4 is 5.32 Å². The third kappa shape index (κ3) is 4.10. The van der Waals surface area contributed by atoms with Gasteiger partial charge in [0, 0.05) is 12.1 Å². The van der Waals surface area contributed by atoms with Crippen LogP contribution >= 0.6 is 11.8 Å². The van der Waals surface area contributed by atoms with Gasteiger partial charge in [-0.15, -0.1) is 10.2 Å². The number of hydrogen-bond donors (Lipinski definition) is 1. The Morgan fingerprint density at radius 1 is 1.42 bits per heavy atom. The molecule has 0 spiro atoms. The Balaban J connectivity index is 1.84. The number of aryl methyl sites for hydroxylation is 2. The molecular formula is C13H15N3O2S. The van der Waals surface area contributed by atoms with Gasteiger partial charge in [-0.25, -0.2) is 0 Å². The minimum Gasteiger partial charge on any atom is -0.416 e. The highest BCUT2D eigenvalue weighted by Crippen LogP contribution is 2.17. The van der Waals surface area contributed by atoms with Crippen molar-refractivity contribution in [1.82, 2.24) is 10.2 Å². The number of nitrogens with one attached hydrogen (secondary N) is 1. The van der Waals surface area contributed by atoms with Crippen LogP contribution in [-0.4, -0.2) is 21.9 Å². The van der Waals surface area contributed by atoms with Crippen LogP contribution in [0.25, 0.3) is 0 Å². The third-order valence-electron chi connectivity index (χ3n) is 2.38. The molecule has 0 aliphatic carbocycles. The van der Waals surface area contributed by atoms with E-state index in [4.69, 9.17) is 4.42 Å². The summed E-state index contributed by atoms with van der Waals surface area (Å²) in [5.74, 6) is 0.743. The summed E-state index contributed by atoms with van der Waals surface area (Å²) in [4.78, 5) is 11.8. The fourth-order valence-corrected chi connectivity index (χ4v) is 2.07. The summed E-state index contributed by atoms with van der Waals surface area (Å²) in [6.45, 7) is 3.92. The van der Waals surface area contributed by atoms with Crippen molar-refractivity contribution in [3.05, 3.63) is 35.7 Å². The number of anilines is 1. The van der Waals surface area contributed by atoms with Crippen molar-refractivity contribution in [2.24, 2.45) is 0 Å². The van der Waals surface area contributed by atoms with Crippen molar-refractivity contribution in [3.8, 4) is 0 Å². The molecule has 2 aromatic rings. The van der Waals surface area contributed by atoms with E-state index in [1.807, 2.05) is 38.1 Å². The minimum atomic E-state index is -0.0909. The van der Waals surface area contributed by atoms with E-state index in [9.17, 15) is 4.79 Å². The lowest BCUT2D eigenvalue weighted by atomic mass is 10.2. The molecule has 0 unspecified atom stereocenters. The van der Waals surface area contributed by atoms with Gasteiger partial charge in [-0.05, 0) is 24.6 Å². The van der Waals surface area contributed by atoms with Crippen LogP contribution in [0.3, 0.4) is 0 Å². The molecule has 0 bridgehead atoms. The zero-order chi connectivity index (χ0) is 13.7. The second-order valence-corrected chi connectivity index (χ2v) is 4.95. The average Bonchev–Trinajstić information content (AvgIpc) is 2.84. The summed E-state index contributed by atoms with van der Waals surface area (Å²) in [6.07, 6.45) is 0.697. The normalized spacial score (nSPS) is 10.4. The summed E-state index contributed by atoms with van der Waals surface area (Å²) in [5, 5.41) is 10.9. The van der Waals surface area contributed by atoms with Crippen LogP contribution in [0.4, 0.5) is 5.69 Å². The molecule has 0 saturated heterocycles. The van der Waals surface area contributed by atoms with Gasteiger partial charge in [0.1, 0.15) is 0 Å². The number of rotatable bonds is 5. The van der Waals surface area contributed by atoms with E-state index in [1.54, 1.807) is 0 Å². The Labute approximate surface area is 115 Å². The van der Waals surface area contributed by atoms with Crippen molar-refractivity contribution in [2.75, 3.05) is 11.1 Å². The largest absolute Gasteiger partial charge is 0.416 e. The molecule has 1 amide bonds. The number of amides is 1. The van der Waals surface area contributed by atoms with E-state index in [1.165, 1.54) is 11.8 Å². The molecule has 0 fully saturated rings. The van der Waals surface area contributed by atoms with Crippen molar-refractivity contribution in [3.63, 3.8) is 0 Å². The van der Waals surface area contributed by atoms with Crippen molar-refractivity contribution in [2.45, 2.75) is 25.5 Å². The number of hydrogen-bond acceptors (Lipinski definition) is 5. The number of thioether (sulfide) groups is 1. The van der Waals surface area contributed by atoms with E-state index in [2.05, 4.69) is 15.5 Å². The predicted molar refractivity (Wildman–Crippen MR) is 74.2 cm³/mol. The van der Waals surface area contributed by atoms with Gasteiger partial charge < -0.3 is 9.73 Å². The summed E-state index contributed by atoms with van der Waals surface area (Å²) in [5.41, 5.74) is 1.90. The second kappa shape index (κ2) is 6.38. The van der Waals surface area contributed by atoms with Crippen LogP contribution in [0, 0.1) is 6.92 Å². The Morgan fingerprint density at radius 3 is 2.95 bits per heavy atom. The first-order valence-corrected chi connectivity index (χ1v) is 6.97. The fourth-order valence-electron chi connectivity index (χ4n) is 1.49. The van der Waals surface area contributed by atoms with Crippen LogP contribution in [0.1, 0.15) is 18.4 Å². The van der Waals surface area contributed by atoms with Crippen molar-refractivity contribution >= 4 is 23.4 Å². The molecule has 0 radical (unpaired) electrons. The highest BCUT2D eigenvalue weighted by Gasteiger charge is 2.08. The van der Waals surface area contributed by atoms with Crippen LogP contribution in [-0.2, 0) is 11.2 Å². The topological polar surface area (TPSA) is 68.0 Å². The zero-order valence-corrected chi connectivity index (χ0v) is 11.7. The third-order valence-corrected chi connectivity index (χ3v) is 3.20. The van der Waals surface area contributed by atoms with Gasteiger partial charge in [-0.1, -0.05) is 30.8 Å². The summed E-state index contributed by atoms with van der Waals surface area (Å²) in [6, 6.07) is 7.67. The van der Waals surface area contributed by atoms with Gasteiger partial charge in [-0.2, -0.15) is 0 Å². The lowest BCUT2D eigenvalue weighted by molar-refractivity contribution is -0.113. The molecule has 19 heavy (non-hydrogen) atoms. The Morgan fingerprint density at radius 2 is 2.26 bits per heavy atom. The molecule has 1 aromatic carbocycles. The SMILES string of the molecule is CCc1nnc(SCC(=O)Nc2cccc(C)c2)o1.